The van der Waals surface area contributed by atoms with E-state index in [9.17, 15) is 5.11 Å². The molecule has 5 nitrogen and oxygen atoms in total. The van der Waals surface area contributed by atoms with E-state index in [0.29, 0.717) is 0 Å². The fraction of sp³-hybridized carbons (Fsp3) is 0.733. The molecule has 1 aliphatic carbocycles. The van der Waals surface area contributed by atoms with Crippen molar-refractivity contribution >= 4 is 11.6 Å². The van der Waals surface area contributed by atoms with Crippen LogP contribution in [-0.2, 0) is 6.42 Å². The molecule has 1 fully saturated rings. The summed E-state index contributed by atoms with van der Waals surface area (Å²) in [5.41, 5.74) is 0.892. The van der Waals surface area contributed by atoms with Gasteiger partial charge in [-0.3, -0.25) is 0 Å². The lowest BCUT2D eigenvalue weighted by molar-refractivity contribution is 0.266. The first kappa shape index (κ1) is 15.0. The lowest BCUT2D eigenvalue weighted by Gasteiger charge is -2.19. The maximum atomic E-state index is 9.47. The molecule has 1 heterocycles. The molecule has 1 aromatic heterocycles. The van der Waals surface area contributed by atoms with Crippen LogP contribution < -0.4 is 10.6 Å². The molecule has 0 atom stereocenters. The first-order valence-electron chi connectivity index (χ1n) is 7.64. The summed E-state index contributed by atoms with van der Waals surface area (Å²) in [5, 5.41) is 16.3. The van der Waals surface area contributed by atoms with E-state index in [2.05, 4.69) is 34.4 Å². The Kier molecular flexibility index (Phi) is 4.81. The molecular formula is C15H26N4O. The van der Waals surface area contributed by atoms with Crippen LogP contribution in [-0.4, -0.2) is 33.8 Å². The van der Waals surface area contributed by atoms with Crippen LogP contribution in [0.2, 0.25) is 0 Å². The molecule has 0 unspecified atom stereocenters. The van der Waals surface area contributed by atoms with Crippen molar-refractivity contribution < 1.29 is 5.11 Å². The number of nitrogens with one attached hydrogen (secondary N) is 2. The molecule has 0 bridgehead atoms. The number of aromatic nitrogens is 2. The highest BCUT2D eigenvalue weighted by atomic mass is 16.3. The van der Waals surface area contributed by atoms with Gasteiger partial charge in [0.2, 0.25) is 0 Å². The number of aryl methyl sites for hydroxylation is 1. The third kappa shape index (κ3) is 3.39. The summed E-state index contributed by atoms with van der Waals surface area (Å²) in [6.07, 6.45) is 4.99. The smallest absolute Gasteiger partial charge is 0.135 e. The van der Waals surface area contributed by atoms with Crippen LogP contribution in [0.15, 0.2) is 0 Å². The van der Waals surface area contributed by atoms with Crippen molar-refractivity contribution in [3.8, 4) is 0 Å². The highest BCUT2D eigenvalue weighted by molar-refractivity contribution is 5.59. The molecule has 3 N–H and O–H groups in total. The molecule has 1 aromatic rings. The van der Waals surface area contributed by atoms with Crippen LogP contribution in [0.25, 0.3) is 0 Å². The van der Waals surface area contributed by atoms with Crippen molar-refractivity contribution in [1.82, 2.24) is 9.97 Å². The minimum Gasteiger partial charge on any atom is -0.394 e. The third-order valence-electron chi connectivity index (χ3n) is 3.75. The number of nitrogens with zero attached hydrogens (tertiary/aromatic N) is 2. The zero-order chi connectivity index (χ0) is 14.6. The van der Waals surface area contributed by atoms with Crippen molar-refractivity contribution in [2.45, 2.75) is 58.4 Å². The maximum absolute atomic E-state index is 9.47. The van der Waals surface area contributed by atoms with Crippen molar-refractivity contribution in [3.63, 3.8) is 0 Å². The summed E-state index contributed by atoms with van der Waals surface area (Å²) in [5.74, 6) is 2.66. The number of aliphatic hydroxyl groups excluding tert-OH is 1. The van der Waals surface area contributed by atoms with E-state index in [4.69, 9.17) is 0 Å². The molecule has 2 rings (SSSR count). The third-order valence-corrected chi connectivity index (χ3v) is 3.75. The molecule has 1 saturated carbocycles. The Hall–Kier alpha value is -1.36. The molecule has 20 heavy (non-hydrogen) atoms. The molecule has 0 amide bonds. The Morgan fingerprint density at radius 2 is 1.85 bits per heavy atom. The zero-order valence-corrected chi connectivity index (χ0v) is 12.8. The topological polar surface area (TPSA) is 70.1 Å². The molecule has 5 heteroatoms. The van der Waals surface area contributed by atoms with Gasteiger partial charge in [0.1, 0.15) is 17.5 Å². The van der Waals surface area contributed by atoms with Crippen LogP contribution in [0.1, 0.15) is 50.9 Å². The second kappa shape index (κ2) is 6.39. The largest absolute Gasteiger partial charge is 0.394 e. The van der Waals surface area contributed by atoms with Gasteiger partial charge < -0.3 is 15.7 Å². The molecule has 0 spiro atoms. The van der Waals surface area contributed by atoms with Gasteiger partial charge in [-0.05, 0) is 32.6 Å². The predicted octanol–water partition coefficient (Wildman–Crippen LogP) is 2.50. The summed E-state index contributed by atoms with van der Waals surface area (Å²) in [7, 11) is 0. The molecule has 112 valence electrons. The van der Waals surface area contributed by atoms with Crippen molar-refractivity contribution in [1.29, 1.82) is 0 Å². The Morgan fingerprint density at radius 3 is 2.40 bits per heavy atom. The van der Waals surface area contributed by atoms with E-state index < -0.39 is 0 Å². The Bertz CT molecular complexity index is 457. The second-order valence-electron chi connectivity index (χ2n) is 5.70. The van der Waals surface area contributed by atoms with Gasteiger partial charge in [0.25, 0.3) is 0 Å². The number of rotatable bonds is 8. The Balaban J connectivity index is 2.25. The van der Waals surface area contributed by atoms with E-state index in [1.165, 1.54) is 0 Å². The minimum absolute atomic E-state index is 0.148. The van der Waals surface area contributed by atoms with Gasteiger partial charge >= 0.3 is 0 Å². The number of hydrogen-bond acceptors (Lipinski definition) is 5. The number of anilines is 2. The predicted molar refractivity (Wildman–Crippen MR) is 82.2 cm³/mol. The SMILES string of the molecule is CCCNc1nc(CCC)nc(NC2(CO)CC2)c1C. The van der Waals surface area contributed by atoms with Crippen LogP contribution in [0.4, 0.5) is 11.6 Å². The summed E-state index contributed by atoms with van der Waals surface area (Å²) in [6.45, 7) is 7.38. The van der Waals surface area contributed by atoms with E-state index in [1.54, 1.807) is 0 Å². The molecule has 0 radical (unpaired) electrons. The van der Waals surface area contributed by atoms with Crippen LogP contribution >= 0.6 is 0 Å². The van der Waals surface area contributed by atoms with E-state index in [1.807, 2.05) is 6.92 Å². The maximum Gasteiger partial charge on any atom is 0.135 e. The van der Waals surface area contributed by atoms with E-state index >= 15 is 0 Å². The standard InChI is InChI=1S/C15H26N4O/c1-4-6-12-17-13(16-9-5-2)11(3)14(18-12)19-15(10-20)7-8-15/h20H,4-10H2,1-3H3,(H2,16,17,18,19). The van der Waals surface area contributed by atoms with Crippen molar-refractivity contribution in [3.05, 3.63) is 11.4 Å². The number of hydrogen-bond donors (Lipinski definition) is 3. The summed E-state index contributed by atoms with van der Waals surface area (Å²) in [4.78, 5) is 9.24. The van der Waals surface area contributed by atoms with Gasteiger partial charge in [-0.2, -0.15) is 0 Å². The van der Waals surface area contributed by atoms with Gasteiger partial charge in [-0.1, -0.05) is 13.8 Å². The first-order valence-corrected chi connectivity index (χ1v) is 7.64. The van der Waals surface area contributed by atoms with Crippen molar-refractivity contribution in [2.75, 3.05) is 23.8 Å². The monoisotopic (exact) mass is 278 g/mol. The number of aliphatic hydroxyl groups is 1. The quantitative estimate of drug-likeness (QED) is 0.681. The Morgan fingerprint density at radius 1 is 1.15 bits per heavy atom. The van der Waals surface area contributed by atoms with Gasteiger partial charge in [0.15, 0.2) is 0 Å². The average Bonchev–Trinajstić information content (AvgIpc) is 3.21. The lowest BCUT2D eigenvalue weighted by Crippen LogP contribution is -2.27. The molecule has 0 aromatic carbocycles. The van der Waals surface area contributed by atoms with Gasteiger partial charge in [0, 0.05) is 18.5 Å². The van der Waals surface area contributed by atoms with Crippen molar-refractivity contribution in [2.24, 2.45) is 0 Å². The molecular weight excluding hydrogens is 252 g/mol. The first-order chi connectivity index (χ1) is 9.64. The van der Waals surface area contributed by atoms with Crippen LogP contribution in [0.3, 0.4) is 0 Å². The fourth-order valence-electron chi connectivity index (χ4n) is 2.16. The summed E-state index contributed by atoms with van der Waals surface area (Å²) >= 11 is 0. The van der Waals surface area contributed by atoms with Crippen LogP contribution in [0.5, 0.6) is 0 Å². The zero-order valence-electron chi connectivity index (χ0n) is 12.8. The second-order valence-corrected chi connectivity index (χ2v) is 5.70. The lowest BCUT2D eigenvalue weighted by atomic mass is 10.2. The average molecular weight is 278 g/mol. The molecule has 1 aliphatic rings. The molecule has 0 aliphatic heterocycles. The summed E-state index contributed by atoms with van der Waals surface area (Å²) < 4.78 is 0. The normalized spacial score (nSPS) is 16.0. The van der Waals surface area contributed by atoms with Gasteiger partial charge in [-0.25, -0.2) is 9.97 Å². The van der Waals surface area contributed by atoms with Gasteiger partial charge in [0.05, 0.1) is 12.1 Å². The van der Waals surface area contributed by atoms with Crippen LogP contribution in [0, 0.1) is 6.92 Å². The minimum atomic E-state index is -0.148. The highest BCUT2D eigenvalue weighted by Crippen LogP contribution is 2.39. The Labute approximate surface area is 121 Å². The fourth-order valence-corrected chi connectivity index (χ4v) is 2.16. The molecule has 0 saturated heterocycles. The summed E-state index contributed by atoms with van der Waals surface area (Å²) in [6, 6.07) is 0. The van der Waals surface area contributed by atoms with E-state index in [-0.39, 0.29) is 12.1 Å². The van der Waals surface area contributed by atoms with E-state index in [0.717, 1.165) is 61.7 Å². The highest BCUT2D eigenvalue weighted by Gasteiger charge is 2.42. The van der Waals surface area contributed by atoms with Gasteiger partial charge in [-0.15, -0.1) is 0 Å².